The molecule has 8 nitrogen and oxygen atoms in total. The third-order valence-electron chi connectivity index (χ3n) is 6.58. The van der Waals surface area contributed by atoms with Gasteiger partial charge in [-0.1, -0.05) is 29.8 Å². The van der Waals surface area contributed by atoms with Crippen LogP contribution in [0.15, 0.2) is 52.9 Å². The molecule has 0 radical (unpaired) electrons. The van der Waals surface area contributed by atoms with Gasteiger partial charge in [-0.15, -0.1) is 11.3 Å². The molecule has 1 saturated heterocycles. The Kier molecular flexibility index (Phi) is 10.2. The molecule has 0 spiro atoms. The smallest absolute Gasteiger partial charge is 0.395 e. The van der Waals surface area contributed by atoms with Crippen molar-refractivity contribution in [3.63, 3.8) is 0 Å². The Hall–Kier alpha value is -3.29. The summed E-state index contributed by atoms with van der Waals surface area (Å²) in [4.78, 5) is 30.5. The van der Waals surface area contributed by atoms with E-state index in [0.717, 1.165) is 50.1 Å². The number of aliphatic hydroxyl groups excluding tert-OH is 1. The van der Waals surface area contributed by atoms with Crippen molar-refractivity contribution < 1.29 is 27.9 Å². The van der Waals surface area contributed by atoms with E-state index in [1.807, 2.05) is 18.2 Å². The minimum absolute atomic E-state index is 0.101. The number of hydrogen-bond donors (Lipinski definition) is 3. The Bertz CT molecular complexity index is 1420. The third-order valence-corrected chi connectivity index (χ3v) is 7.92. The van der Waals surface area contributed by atoms with Crippen molar-refractivity contribution in [2.45, 2.75) is 19.6 Å². The van der Waals surface area contributed by atoms with Crippen LogP contribution in [0.2, 0.25) is 5.02 Å². The van der Waals surface area contributed by atoms with Gasteiger partial charge in [0.15, 0.2) is 0 Å². The number of aliphatic hydroxyl groups is 1. The zero-order valence-corrected chi connectivity index (χ0v) is 23.7. The molecule has 2 aromatic carbocycles. The van der Waals surface area contributed by atoms with E-state index in [1.165, 1.54) is 17.4 Å². The highest BCUT2D eigenvalue weighted by atomic mass is 35.5. The third kappa shape index (κ3) is 8.14. The fraction of sp³-hybridized carbons (Fsp3) is 0.321. The van der Waals surface area contributed by atoms with Crippen molar-refractivity contribution in [3.05, 3.63) is 86.2 Å². The second-order valence-corrected chi connectivity index (χ2v) is 10.8. The van der Waals surface area contributed by atoms with Gasteiger partial charge in [0, 0.05) is 44.8 Å². The van der Waals surface area contributed by atoms with Crippen LogP contribution in [-0.4, -0.2) is 72.3 Å². The highest BCUT2D eigenvalue weighted by Crippen LogP contribution is 2.35. The molecule has 1 aliphatic rings. The molecule has 0 saturated carbocycles. The number of hydrazone groups is 1. The summed E-state index contributed by atoms with van der Waals surface area (Å²) in [5.41, 5.74) is 3.67. The fourth-order valence-electron chi connectivity index (χ4n) is 4.44. The first-order valence-corrected chi connectivity index (χ1v) is 14.0. The van der Waals surface area contributed by atoms with Gasteiger partial charge in [0.1, 0.15) is 5.00 Å². The van der Waals surface area contributed by atoms with Crippen LogP contribution in [-0.2, 0) is 12.7 Å². The van der Waals surface area contributed by atoms with Gasteiger partial charge in [0.25, 0.3) is 11.8 Å². The number of nitrogens with zero attached hydrogens (tertiary/aromatic N) is 3. The van der Waals surface area contributed by atoms with Crippen LogP contribution in [0.25, 0.3) is 0 Å². The number of amides is 2. The van der Waals surface area contributed by atoms with E-state index in [9.17, 15) is 22.8 Å². The lowest BCUT2D eigenvalue weighted by Gasteiger charge is -2.34. The molecule has 3 aromatic rings. The molecule has 0 unspecified atom stereocenters. The van der Waals surface area contributed by atoms with E-state index in [1.54, 1.807) is 18.4 Å². The predicted octanol–water partition coefficient (Wildman–Crippen LogP) is 4.85. The zero-order chi connectivity index (χ0) is 29.6. The van der Waals surface area contributed by atoms with E-state index >= 15 is 0 Å². The summed E-state index contributed by atoms with van der Waals surface area (Å²) in [5, 5.41) is 17.3. The SMILES string of the molecule is Cc1csc(NC(=O)c2cccc(CN3CCN(CCO)CC3)c2)c1C(=O)N/N=C/c1ccc(Cl)c(C(F)(F)F)c1. The molecule has 1 aliphatic heterocycles. The lowest BCUT2D eigenvalue weighted by Crippen LogP contribution is -2.46. The molecule has 2 amide bonds. The molecule has 1 aromatic heterocycles. The van der Waals surface area contributed by atoms with E-state index in [4.69, 9.17) is 16.7 Å². The van der Waals surface area contributed by atoms with Crippen LogP contribution < -0.4 is 10.7 Å². The van der Waals surface area contributed by atoms with Gasteiger partial charge in [-0.05, 0) is 53.3 Å². The van der Waals surface area contributed by atoms with E-state index < -0.39 is 22.7 Å². The molecule has 0 atom stereocenters. The van der Waals surface area contributed by atoms with E-state index in [0.29, 0.717) is 29.2 Å². The van der Waals surface area contributed by atoms with Crippen molar-refractivity contribution in [2.75, 3.05) is 44.6 Å². The first-order valence-electron chi connectivity index (χ1n) is 12.8. The Morgan fingerprint density at radius 2 is 1.83 bits per heavy atom. The first-order chi connectivity index (χ1) is 19.5. The van der Waals surface area contributed by atoms with Gasteiger partial charge in [-0.3, -0.25) is 19.4 Å². The largest absolute Gasteiger partial charge is 0.417 e. The molecule has 4 rings (SSSR count). The highest BCUT2D eigenvalue weighted by Gasteiger charge is 2.33. The maximum atomic E-state index is 13.1. The Morgan fingerprint density at radius 3 is 2.54 bits per heavy atom. The number of β-amino-alcohol motifs (C(OH)–C–C–N with tert-alkyl or cyclic N) is 1. The maximum Gasteiger partial charge on any atom is 0.417 e. The van der Waals surface area contributed by atoms with Gasteiger partial charge in [-0.2, -0.15) is 18.3 Å². The second-order valence-electron chi connectivity index (χ2n) is 9.55. The van der Waals surface area contributed by atoms with Crippen LogP contribution in [0.4, 0.5) is 18.2 Å². The van der Waals surface area contributed by atoms with Crippen molar-refractivity contribution in [1.29, 1.82) is 0 Å². The van der Waals surface area contributed by atoms with Gasteiger partial charge in [0.05, 0.1) is 29.0 Å². The number of halogens is 4. The maximum absolute atomic E-state index is 13.1. The topological polar surface area (TPSA) is 97.3 Å². The summed E-state index contributed by atoms with van der Waals surface area (Å²) in [7, 11) is 0. The van der Waals surface area contributed by atoms with Crippen molar-refractivity contribution in [3.8, 4) is 0 Å². The summed E-state index contributed by atoms with van der Waals surface area (Å²) in [5.74, 6) is -0.991. The van der Waals surface area contributed by atoms with Crippen LogP contribution in [0.1, 0.15) is 43.0 Å². The van der Waals surface area contributed by atoms with E-state index in [-0.39, 0.29) is 23.6 Å². The summed E-state index contributed by atoms with van der Waals surface area (Å²) >= 11 is 6.83. The average Bonchev–Trinajstić information content (AvgIpc) is 3.30. The van der Waals surface area contributed by atoms with Crippen molar-refractivity contribution >= 4 is 46.0 Å². The zero-order valence-electron chi connectivity index (χ0n) is 22.2. The highest BCUT2D eigenvalue weighted by molar-refractivity contribution is 7.15. The first kappa shape index (κ1) is 30.7. The molecule has 3 N–H and O–H groups in total. The van der Waals surface area contributed by atoms with Gasteiger partial charge < -0.3 is 10.4 Å². The number of piperazine rings is 1. The lowest BCUT2D eigenvalue weighted by atomic mass is 10.1. The number of nitrogens with one attached hydrogen (secondary N) is 2. The van der Waals surface area contributed by atoms with Crippen LogP contribution >= 0.6 is 22.9 Å². The number of anilines is 1. The number of carbonyl (C=O) groups excluding carboxylic acids is 2. The van der Waals surface area contributed by atoms with Gasteiger partial charge in [-0.25, -0.2) is 5.43 Å². The quantitative estimate of drug-likeness (QED) is 0.239. The monoisotopic (exact) mass is 607 g/mol. The Labute approximate surface area is 244 Å². The van der Waals surface area contributed by atoms with Crippen LogP contribution in [0.5, 0.6) is 0 Å². The molecule has 2 heterocycles. The van der Waals surface area contributed by atoms with Crippen molar-refractivity contribution in [1.82, 2.24) is 15.2 Å². The summed E-state index contributed by atoms with van der Waals surface area (Å²) in [6.07, 6.45) is -3.54. The van der Waals surface area contributed by atoms with Gasteiger partial charge >= 0.3 is 6.18 Å². The number of alkyl halides is 3. The number of rotatable bonds is 9. The van der Waals surface area contributed by atoms with Crippen LogP contribution in [0.3, 0.4) is 0 Å². The summed E-state index contributed by atoms with van der Waals surface area (Å²) < 4.78 is 39.3. The Morgan fingerprint density at radius 1 is 1.10 bits per heavy atom. The number of thiophene rings is 1. The number of benzene rings is 2. The lowest BCUT2D eigenvalue weighted by molar-refractivity contribution is -0.137. The fourth-order valence-corrected chi connectivity index (χ4v) is 5.60. The minimum atomic E-state index is -4.62. The van der Waals surface area contributed by atoms with E-state index in [2.05, 4.69) is 25.6 Å². The number of aryl methyl sites for hydroxylation is 1. The summed E-state index contributed by atoms with van der Waals surface area (Å²) in [6, 6.07) is 10.6. The van der Waals surface area contributed by atoms with Gasteiger partial charge in [0.2, 0.25) is 0 Å². The average molecular weight is 608 g/mol. The molecular weight excluding hydrogens is 579 g/mol. The minimum Gasteiger partial charge on any atom is -0.395 e. The summed E-state index contributed by atoms with van der Waals surface area (Å²) in [6.45, 7) is 6.71. The standard InChI is InChI=1S/C28H29ClF3N5O3S/c1-18-17-41-27(24(18)26(40)35-33-15-19-5-6-23(29)22(14-19)28(30,31)32)34-25(39)21-4-2-3-20(13-21)16-37-9-7-36(8-10-37)11-12-38/h2-6,13-15,17,38H,7-12,16H2,1H3,(H,34,39)(H,35,40)/b33-15+. The second kappa shape index (κ2) is 13.6. The molecule has 218 valence electrons. The molecule has 41 heavy (non-hydrogen) atoms. The predicted molar refractivity (Wildman–Crippen MR) is 154 cm³/mol. The number of hydrogen-bond acceptors (Lipinski definition) is 7. The number of carbonyl (C=O) groups is 2. The van der Waals surface area contributed by atoms with Crippen LogP contribution in [0, 0.1) is 6.92 Å². The van der Waals surface area contributed by atoms with Crippen molar-refractivity contribution in [2.24, 2.45) is 5.10 Å². The Balaban J connectivity index is 1.39. The molecule has 13 heteroatoms. The molecule has 0 bridgehead atoms. The molecule has 0 aliphatic carbocycles. The molecule has 1 fully saturated rings. The molecular formula is C28H29ClF3N5O3S. The normalized spacial score (nSPS) is 14.9.